The Balaban J connectivity index is 1.63. The van der Waals surface area contributed by atoms with Crippen LogP contribution >= 0.6 is 0 Å². The van der Waals surface area contributed by atoms with E-state index in [4.69, 9.17) is 0 Å². The summed E-state index contributed by atoms with van der Waals surface area (Å²) in [6.45, 7) is 7.64. The van der Waals surface area contributed by atoms with Gasteiger partial charge in [0, 0.05) is 6.04 Å². The standard InChI is InChI=1S/C14H28N2/c1-13-6-3-2-4-10-16(13)11-5-7-14-8-9-15-12-14/h13-15H,2-12H2,1H3. The molecule has 0 aromatic rings. The zero-order chi connectivity index (χ0) is 11.2. The Kier molecular flexibility index (Phi) is 5.11. The Bertz CT molecular complexity index is 187. The summed E-state index contributed by atoms with van der Waals surface area (Å²) in [4.78, 5) is 2.73. The van der Waals surface area contributed by atoms with Crippen LogP contribution in [0.5, 0.6) is 0 Å². The Hall–Kier alpha value is -0.0800. The molecule has 0 spiro atoms. The van der Waals surface area contributed by atoms with Crippen molar-refractivity contribution in [2.75, 3.05) is 26.2 Å². The summed E-state index contributed by atoms with van der Waals surface area (Å²) < 4.78 is 0. The molecule has 0 bridgehead atoms. The summed E-state index contributed by atoms with van der Waals surface area (Å²) in [6, 6.07) is 0.837. The van der Waals surface area contributed by atoms with Gasteiger partial charge in [-0.15, -0.1) is 0 Å². The van der Waals surface area contributed by atoms with Crippen molar-refractivity contribution in [1.29, 1.82) is 0 Å². The molecule has 2 rings (SSSR count). The summed E-state index contributed by atoms with van der Waals surface area (Å²) in [5.74, 6) is 0.974. The molecule has 0 aromatic carbocycles. The van der Waals surface area contributed by atoms with Gasteiger partial charge in [-0.05, 0) is 71.1 Å². The zero-order valence-corrected chi connectivity index (χ0v) is 10.9. The second-order valence-electron chi connectivity index (χ2n) is 5.74. The molecule has 2 saturated heterocycles. The third-order valence-corrected chi connectivity index (χ3v) is 4.41. The van der Waals surface area contributed by atoms with Crippen molar-refractivity contribution in [3.8, 4) is 0 Å². The molecule has 0 aliphatic carbocycles. The lowest BCUT2D eigenvalue weighted by atomic mass is 10.0. The lowest BCUT2D eigenvalue weighted by Gasteiger charge is -2.27. The predicted molar refractivity (Wildman–Crippen MR) is 69.7 cm³/mol. The van der Waals surface area contributed by atoms with Gasteiger partial charge in [-0.25, -0.2) is 0 Å². The highest BCUT2D eigenvalue weighted by molar-refractivity contribution is 4.74. The van der Waals surface area contributed by atoms with E-state index in [-0.39, 0.29) is 0 Å². The van der Waals surface area contributed by atoms with Crippen LogP contribution in [0.2, 0.25) is 0 Å². The quantitative estimate of drug-likeness (QED) is 0.790. The van der Waals surface area contributed by atoms with E-state index in [9.17, 15) is 0 Å². The zero-order valence-electron chi connectivity index (χ0n) is 10.9. The fourth-order valence-corrected chi connectivity index (χ4v) is 3.21. The van der Waals surface area contributed by atoms with Gasteiger partial charge in [-0.1, -0.05) is 12.8 Å². The minimum Gasteiger partial charge on any atom is -0.316 e. The molecule has 2 fully saturated rings. The molecule has 2 unspecified atom stereocenters. The third-order valence-electron chi connectivity index (χ3n) is 4.41. The van der Waals surface area contributed by atoms with Crippen LogP contribution in [-0.4, -0.2) is 37.1 Å². The molecule has 94 valence electrons. The van der Waals surface area contributed by atoms with Crippen molar-refractivity contribution in [3.63, 3.8) is 0 Å². The monoisotopic (exact) mass is 224 g/mol. The highest BCUT2D eigenvalue weighted by Crippen LogP contribution is 2.19. The van der Waals surface area contributed by atoms with Crippen LogP contribution in [-0.2, 0) is 0 Å². The molecule has 0 amide bonds. The first kappa shape index (κ1) is 12.4. The average molecular weight is 224 g/mol. The molecule has 2 aliphatic heterocycles. The molecule has 2 nitrogen and oxygen atoms in total. The van der Waals surface area contributed by atoms with E-state index >= 15 is 0 Å². The van der Waals surface area contributed by atoms with Gasteiger partial charge in [0.2, 0.25) is 0 Å². The fraction of sp³-hybridized carbons (Fsp3) is 1.00. The molecule has 2 aliphatic rings. The van der Waals surface area contributed by atoms with Crippen molar-refractivity contribution in [1.82, 2.24) is 10.2 Å². The van der Waals surface area contributed by atoms with E-state index in [1.807, 2.05) is 0 Å². The summed E-state index contributed by atoms with van der Waals surface area (Å²) in [7, 11) is 0. The Morgan fingerprint density at radius 1 is 1.19 bits per heavy atom. The molecule has 0 aromatic heterocycles. The van der Waals surface area contributed by atoms with Crippen molar-refractivity contribution >= 4 is 0 Å². The van der Waals surface area contributed by atoms with Gasteiger partial charge < -0.3 is 10.2 Å². The predicted octanol–water partition coefficient (Wildman–Crippen LogP) is 2.64. The average Bonchev–Trinajstić information content (AvgIpc) is 2.71. The first-order valence-corrected chi connectivity index (χ1v) is 7.31. The smallest absolute Gasteiger partial charge is 0.00669 e. The lowest BCUT2D eigenvalue weighted by molar-refractivity contribution is 0.206. The van der Waals surface area contributed by atoms with Gasteiger partial charge in [0.15, 0.2) is 0 Å². The minimum absolute atomic E-state index is 0.837. The minimum atomic E-state index is 0.837. The topological polar surface area (TPSA) is 15.3 Å². The highest BCUT2D eigenvalue weighted by atomic mass is 15.1. The molecule has 1 N–H and O–H groups in total. The van der Waals surface area contributed by atoms with E-state index in [1.165, 1.54) is 71.1 Å². The maximum absolute atomic E-state index is 3.47. The number of nitrogens with zero attached hydrogens (tertiary/aromatic N) is 1. The fourth-order valence-electron chi connectivity index (χ4n) is 3.21. The van der Waals surface area contributed by atoms with E-state index in [2.05, 4.69) is 17.1 Å². The van der Waals surface area contributed by atoms with Gasteiger partial charge in [-0.3, -0.25) is 0 Å². The molecule has 16 heavy (non-hydrogen) atoms. The van der Waals surface area contributed by atoms with Crippen LogP contribution < -0.4 is 5.32 Å². The second-order valence-corrected chi connectivity index (χ2v) is 5.74. The van der Waals surface area contributed by atoms with Crippen molar-refractivity contribution in [2.45, 2.75) is 57.9 Å². The van der Waals surface area contributed by atoms with Crippen LogP contribution in [0.25, 0.3) is 0 Å². The maximum atomic E-state index is 3.47. The van der Waals surface area contributed by atoms with Crippen molar-refractivity contribution in [3.05, 3.63) is 0 Å². The van der Waals surface area contributed by atoms with Crippen LogP contribution in [0.4, 0.5) is 0 Å². The molecule has 2 heteroatoms. The van der Waals surface area contributed by atoms with Crippen molar-refractivity contribution < 1.29 is 0 Å². The van der Waals surface area contributed by atoms with E-state index < -0.39 is 0 Å². The number of hydrogen-bond donors (Lipinski definition) is 1. The van der Waals surface area contributed by atoms with Gasteiger partial charge in [0.1, 0.15) is 0 Å². The van der Waals surface area contributed by atoms with E-state index in [1.54, 1.807) is 0 Å². The van der Waals surface area contributed by atoms with E-state index in [0.29, 0.717) is 0 Å². The molecule has 2 atom stereocenters. The SMILES string of the molecule is CC1CCCCCN1CCCC1CCNC1. The molecule has 2 heterocycles. The Labute approximate surface area is 101 Å². The number of rotatable bonds is 4. The molecule has 0 saturated carbocycles. The Morgan fingerprint density at radius 2 is 2.12 bits per heavy atom. The normalized spacial score (nSPS) is 32.8. The summed E-state index contributed by atoms with van der Waals surface area (Å²) >= 11 is 0. The van der Waals surface area contributed by atoms with Gasteiger partial charge >= 0.3 is 0 Å². The molecule has 0 radical (unpaired) electrons. The first-order chi connectivity index (χ1) is 7.86. The van der Waals surface area contributed by atoms with Gasteiger partial charge in [-0.2, -0.15) is 0 Å². The van der Waals surface area contributed by atoms with Crippen LogP contribution in [0.3, 0.4) is 0 Å². The van der Waals surface area contributed by atoms with Gasteiger partial charge in [0.05, 0.1) is 0 Å². The lowest BCUT2D eigenvalue weighted by Crippen LogP contribution is -2.33. The first-order valence-electron chi connectivity index (χ1n) is 7.31. The van der Waals surface area contributed by atoms with Crippen molar-refractivity contribution in [2.24, 2.45) is 5.92 Å². The number of hydrogen-bond acceptors (Lipinski definition) is 2. The third kappa shape index (κ3) is 3.74. The summed E-state index contributed by atoms with van der Waals surface area (Å²) in [5, 5.41) is 3.47. The summed E-state index contributed by atoms with van der Waals surface area (Å²) in [5.41, 5.74) is 0. The van der Waals surface area contributed by atoms with Crippen LogP contribution in [0.1, 0.15) is 51.9 Å². The maximum Gasteiger partial charge on any atom is 0.00669 e. The van der Waals surface area contributed by atoms with E-state index in [0.717, 1.165) is 12.0 Å². The summed E-state index contributed by atoms with van der Waals surface area (Å²) in [6.07, 6.45) is 10.0. The van der Waals surface area contributed by atoms with Crippen LogP contribution in [0, 0.1) is 5.92 Å². The number of nitrogens with one attached hydrogen (secondary N) is 1. The second kappa shape index (κ2) is 6.61. The molecular weight excluding hydrogens is 196 g/mol. The molecular formula is C14H28N2. The van der Waals surface area contributed by atoms with Gasteiger partial charge in [0.25, 0.3) is 0 Å². The Morgan fingerprint density at radius 3 is 2.94 bits per heavy atom. The number of likely N-dealkylation sites (tertiary alicyclic amines) is 1. The largest absolute Gasteiger partial charge is 0.316 e. The highest BCUT2D eigenvalue weighted by Gasteiger charge is 2.18. The van der Waals surface area contributed by atoms with Crippen LogP contribution in [0.15, 0.2) is 0 Å².